The molecule has 0 saturated carbocycles. The zero-order chi connectivity index (χ0) is 22.5. The van der Waals surface area contributed by atoms with Crippen LogP contribution >= 0.6 is 0 Å². The van der Waals surface area contributed by atoms with Gasteiger partial charge in [0.25, 0.3) is 0 Å². The van der Waals surface area contributed by atoms with Gasteiger partial charge in [0, 0.05) is 35.4 Å². The van der Waals surface area contributed by atoms with E-state index >= 15 is 0 Å². The number of benzene rings is 1. The smallest absolute Gasteiger partial charge is 0.410 e. The van der Waals surface area contributed by atoms with Gasteiger partial charge in [0.2, 0.25) is 0 Å². The number of rotatable bonds is 1. The van der Waals surface area contributed by atoms with Crippen molar-refractivity contribution in [1.82, 2.24) is 14.9 Å². The zero-order valence-corrected chi connectivity index (χ0v) is 19.0. The minimum absolute atomic E-state index is 0.278. The van der Waals surface area contributed by atoms with Crippen molar-refractivity contribution in [2.24, 2.45) is 0 Å². The number of carbonyl (C=O) groups excluding carboxylic acids is 1. The quantitative estimate of drug-likeness (QED) is 0.582. The lowest BCUT2D eigenvalue weighted by Crippen LogP contribution is -2.40. The molecule has 0 bridgehead atoms. The first kappa shape index (κ1) is 20.9. The standard InChI is InChI=1S/C25H28N4O2/c1-14-15(2)28-23-20(12-26)27-16(3)22(21(14)23)19-9-7-8-17-13-29(11-10-18(17)19)24(30)31-25(4,5)6/h7-9,28H,10-11,13H2,1-6H3. The van der Waals surface area contributed by atoms with Crippen LogP contribution in [0.5, 0.6) is 0 Å². The fraction of sp³-hybridized carbons (Fsp3) is 0.400. The van der Waals surface area contributed by atoms with E-state index in [0.29, 0.717) is 18.8 Å². The summed E-state index contributed by atoms with van der Waals surface area (Å²) >= 11 is 0. The minimum Gasteiger partial charge on any atom is -0.444 e. The topological polar surface area (TPSA) is 82.0 Å². The minimum atomic E-state index is -0.514. The lowest BCUT2D eigenvalue weighted by molar-refractivity contribution is 0.0224. The van der Waals surface area contributed by atoms with Gasteiger partial charge in [-0.25, -0.2) is 9.78 Å². The van der Waals surface area contributed by atoms with Gasteiger partial charge in [-0.1, -0.05) is 18.2 Å². The highest BCUT2D eigenvalue weighted by molar-refractivity contribution is 6.02. The van der Waals surface area contributed by atoms with Gasteiger partial charge in [0.05, 0.1) is 5.52 Å². The predicted molar refractivity (Wildman–Crippen MR) is 121 cm³/mol. The fourth-order valence-corrected chi connectivity index (χ4v) is 4.41. The monoisotopic (exact) mass is 416 g/mol. The van der Waals surface area contributed by atoms with Gasteiger partial charge in [0.1, 0.15) is 11.7 Å². The lowest BCUT2D eigenvalue weighted by Gasteiger charge is -2.32. The Bertz CT molecular complexity index is 1240. The number of aromatic amines is 1. The number of hydrogen-bond acceptors (Lipinski definition) is 4. The van der Waals surface area contributed by atoms with Gasteiger partial charge in [-0.3, -0.25) is 0 Å². The summed E-state index contributed by atoms with van der Waals surface area (Å²) in [5.74, 6) is 0. The summed E-state index contributed by atoms with van der Waals surface area (Å²) in [7, 11) is 0. The van der Waals surface area contributed by atoms with Crippen LogP contribution in [0.3, 0.4) is 0 Å². The molecule has 160 valence electrons. The number of nitriles is 1. The number of aromatic nitrogens is 2. The molecule has 0 aliphatic carbocycles. The largest absolute Gasteiger partial charge is 0.444 e. The number of ether oxygens (including phenoxy) is 1. The molecule has 0 fully saturated rings. The van der Waals surface area contributed by atoms with Crippen molar-refractivity contribution < 1.29 is 9.53 Å². The van der Waals surface area contributed by atoms with Crippen LogP contribution in [0.1, 0.15) is 54.5 Å². The highest BCUT2D eigenvalue weighted by Gasteiger charge is 2.28. The molecule has 0 atom stereocenters. The number of H-pyrrole nitrogens is 1. The lowest BCUT2D eigenvalue weighted by atomic mass is 9.88. The molecular formula is C25H28N4O2. The highest BCUT2D eigenvalue weighted by Crippen LogP contribution is 2.39. The second-order valence-corrected chi connectivity index (χ2v) is 9.25. The second kappa shape index (κ2) is 7.42. The van der Waals surface area contributed by atoms with E-state index in [9.17, 15) is 10.1 Å². The van der Waals surface area contributed by atoms with Crippen molar-refractivity contribution in [2.45, 2.75) is 60.1 Å². The van der Waals surface area contributed by atoms with E-state index in [1.165, 1.54) is 5.56 Å². The van der Waals surface area contributed by atoms with Crippen LogP contribution in [0.4, 0.5) is 4.79 Å². The molecule has 0 unspecified atom stereocenters. The molecule has 3 heterocycles. The molecule has 4 rings (SSSR count). The predicted octanol–water partition coefficient (Wildman–Crippen LogP) is 5.32. The first-order valence-corrected chi connectivity index (χ1v) is 10.6. The first-order chi connectivity index (χ1) is 14.6. The van der Waals surface area contributed by atoms with Gasteiger partial charge in [-0.15, -0.1) is 0 Å². The van der Waals surface area contributed by atoms with E-state index in [4.69, 9.17) is 4.74 Å². The summed E-state index contributed by atoms with van der Waals surface area (Å²) in [4.78, 5) is 22.3. The maximum atomic E-state index is 12.6. The first-order valence-electron chi connectivity index (χ1n) is 10.6. The number of pyridine rings is 1. The molecule has 1 aromatic carbocycles. The summed E-state index contributed by atoms with van der Waals surface area (Å²) in [5, 5.41) is 10.7. The summed E-state index contributed by atoms with van der Waals surface area (Å²) in [5.41, 5.74) is 8.27. The molecule has 0 spiro atoms. The number of nitrogens with one attached hydrogen (secondary N) is 1. The molecular weight excluding hydrogens is 388 g/mol. The Kier molecular flexibility index (Phi) is 5.01. The maximum Gasteiger partial charge on any atom is 0.410 e. The number of aryl methyl sites for hydroxylation is 3. The second-order valence-electron chi connectivity index (χ2n) is 9.25. The van der Waals surface area contributed by atoms with Crippen LogP contribution in [0.15, 0.2) is 18.2 Å². The molecule has 3 aromatic rings. The summed E-state index contributed by atoms with van der Waals surface area (Å²) in [6.07, 6.45) is 0.466. The highest BCUT2D eigenvalue weighted by atomic mass is 16.6. The van der Waals surface area contributed by atoms with E-state index < -0.39 is 5.60 Å². The molecule has 1 amide bonds. The van der Waals surface area contributed by atoms with Crippen LogP contribution in [0.25, 0.3) is 22.0 Å². The van der Waals surface area contributed by atoms with Crippen LogP contribution in [-0.2, 0) is 17.7 Å². The van der Waals surface area contributed by atoms with E-state index in [1.54, 1.807) is 4.90 Å². The van der Waals surface area contributed by atoms with Gasteiger partial charge < -0.3 is 14.6 Å². The Morgan fingerprint density at radius 2 is 2.00 bits per heavy atom. The number of nitrogens with zero attached hydrogens (tertiary/aromatic N) is 3. The Morgan fingerprint density at radius 1 is 1.26 bits per heavy atom. The third kappa shape index (κ3) is 3.65. The Morgan fingerprint density at radius 3 is 2.68 bits per heavy atom. The molecule has 31 heavy (non-hydrogen) atoms. The van der Waals surface area contributed by atoms with Gasteiger partial charge >= 0.3 is 6.09 Å². The number of amides is 1. The van der Waals surface area contributed by atoms with Crippen molar-refractivity contribution in [3.63, 3.8) is 0 Å². The van der Waals surface area contributed by atoms with Crippen molar-refractivity contribution in [1.29, 1.82) is 5.26 Å². The van der Waals surface area contributed by atoms with Gasteiger partial charge in [-0.05, 0) is 70.2 Å². The van der Waals surface area contributed by atoms with E-state index in [2.05, 4.69) is 35.1 Å². The Hall–Kier alpha value is -3.33. The van der Waals surface area contributed by atoms with Crippen molar-refractivity contribution in [3.05, 3.63) is 52.0 Å². The van der Waals surface area contributed by atoms with E-state index in [1.807, 2.05) is 40.7 Å². The normalized spacial score (nSPS) is 13.8. The molecule has 0 radical (unpaired) electrons. The zero-order valence-electron chi connectivity index (χ0n) is 19.0. The average molecular weight is 417 g/mol. The number of fused-ring (bicyclic) bond motifs is 2. The molecule has 0 saturated heterocycles. The average Bonchev–Trinajstić information content (AvgIpc) is 3.00. The third-order valence-corrected chi connectivity index (χ3v) is 5.92. The fourth-order valence-electron chi connectivity index (χ4n) is 4.41. The van der Waals surface area contributed by atoms with Gasteiger partial charge in [-0.2, -0.15) is 5.26 Å². The SMILES string of the molecule is Cc1nc(C#N)c2[nH]c(C)c(C)c2c1-c1cccc2c1CCN(C(=O)OC(C)(C)C)C2. The van der Waals surface area contributed by atoms with Crippen LogP contribution in [-0.4, -0.2) is 33.1 Å². The molecule has 1 N–H and O–H groups in total. The summed E-state index contributed by atoms with van der Waals surface area (Å²) in [6, 6.07) is 8.46. The molecule has 6 nitrogen and oxygen atoms in total. The Balaban J connectivity index is 1.82. The third-order valence-electron chi connectivity index (χ3n) is 5.92. The Labute approximate surface area is 182 Å². The van der Waals surface area contributed by atoms with Crippen molar-refractivity contribution in [2.75, 3.05) is 6.54 Å². The summed E-state index contributed by atoms with van der Waals surface area (Å²) in [6.45, 7) is 12.8. The van der Waals surface area contributed by atoms with Crippen LogP contribution in [0.2, 0.25) is 0 Å². The molecule has 1 aliphatic rings. The number of hydrogen-bond donors (Lipinski definition) is 1. The molecule has 2 aromatic heterocycles. The number of carbonyl (C=O) groups is 1. The van der Waals surface area contributed by atoms with E-state index in [-0.39, 0.29) is 6.09 Å². The molecule has 1 aliphatic heterocycles. The van der Waals surface area contributed by atoms with Crippen molar-refractivity contribution >= 4 is 17.0 Å². The van der Waals surface area contributed by atoms with Crippen LogP contribution < -0.4 is 0 Å². The van der Waals surface area contributed by atoms with E-state index in [0.717, 1.165) is 51.0 Å². The van der Waals surface area contributed by atoms with Crippen LogP contribution in [0, 0.1) is 32.1 Å². The maximum absolute atomic E-state index is 12.6. The summed E-state index contributed by atoms with van der Waals surface area (Å²) < 4.78 is 5.57. The molecule has 6 heteroatoms. The van der Waals surface area contributed by atoms with Gasteiger partial charge in [0.15, 0.2) is 5.69 Å². The van der Waals surface area contributed by atoms with Crippen molar-refractivity contribution in [3.8, 4) is 17.2 Å².